The molecule has 0 bridgehead atoms. The molecule has 1 N–H and O–H groups in total. The summed E-state index contributed by atoms with van der Waals surface area (Å²) in [5, 5.41) is 11.0. The van der Waals surface area contributed by atoms with Crippen molar-refractivity contribution < 1.29 is 9.90 Å². The van der Waals surface area contributed by atoms with Crippen molar-refractivity contribution >= 4 is 22.6 Å². The summed E-state index contributed by atoms with van der Waals surface area (Å²) in [5.74, 6) is 1.36. The molecule has 3 aromatic rings. The maximum absolute atomic E-state index is 11.9. The fourth-order valence-corrected chi connectivity index (χ4v) is 7.46. The van der Waals surface area contributed by atoms with Crippen LogP contribution in [0.3, 0.4) is 0 Å². The van der Waals surface area contributed by atoms with Gasteiger partial charge in [0.15, 0.2) is 0 Å². The maximum Gasteiger partial charge on any atom is 0.335 e. The van der Waals surface area contributed by atoms with Gasteiger partial charge in [-0.05, 0) is 80.3 Å². The molecular formula is C33H43N3O2. The van der Waals surface area contributed by atoms with Gasteiger partial charge in [-0.2, -0.15) is 0 Å². The first-order valence-corrected chi connectivity index (χ1v) is 15.0. The van der Waals surface area contributed by atoms with Gasteiger partial charge in [-0.3, -0.25) is 0 Å². The van der Waals surface area contributed by atoms with Gasteiger partial charge in [0.1, 0.15) is 0 Å². The topological polar surface area (TPSA) is 48.7 Å². The monoisotopic (exact) mass is 513 g/mol. The van der Waals surface area contributed by atoms with Gasteiger partial charge in [-0.1, -0.05) is 57.4 Å². The number of piperidine rings is 1. The van der Waals surface area contributed by atoms with Crippen molar-refractivity contribution in [3.05, 3.63) is 53.6 Å². The quantitative estimate of drug-likeness (QED) is 0.377. The number of carboxylic acid groups (broad SMARTS) is 1. The van der Waals surface area contributed by atoms with Crippen LogP contribution in [-0.2, 0) is 6.54 Å². The molecule has 1 saturated carbocycles. The van der Waals surface area contributed by atoms with E-state index < -0.39 is 5.97 Å². The number of hydrogen-bond donors (Lipinski definition) is 1. The van der Waals surface area contributed by atoms with Gasteiger partial charge in [0, 0.05) is 48.3 Å². The Bertz CT molecular complexity index is 1300. The first kappa shape index (κ1) is 25.5. The van der Waals surface area contributed by atoms with Gasteiger partial charge in [-0.15, -0.1) is 0 Å². The van der Waals surface area contributed by atoms with Gasteiger partial charge in [0.25, 0.3) is 0 Å². The summed E-state index contributed by atoms with van der Waals surface area (Å²) >= 11 is 0. The molecule has 0 radical (unpaired) electrons. The summed E-state index contributed by atoms with van der Waals surface area (Å²) < 4.78 is 2.46. The first-order valence-electron chi connectivity index (χ1n) is 15.0. The number of hydrogen-bond acceptors (Lipinski definition) is 3. The Kier molecular flexibility index (Phi) is 7.22. The Morgan fingerprint density at radius 3 is 2.42 bits per heavy atom. The molecule has 1 aliphatic carbocycles. The van der Waals surface area contributed by atoms with Crippen molar-refractivity contribution in [1.29, 1.82) is 0 Å². The van der Waals surface area contributed by atoms with Crippen LogP contribution in [0.1, 0.15) is 80.6 Å². The van der Waals surface area contributed by atoms with E-state index in [9.17, 15) is 9.90 Å². The highest BCUT2D eigenvalue weighted by molar-refractivity contribution is 5.99. The molecule has 2 aliphatic heterocycles. The lowest BCUT2D eigenvalue weighted by Gasteiger charge is -2.35. The SMILES string of the molecule is CC(C)C1CCN(CCN2CCn3c(c(C4CCCCC4)c4ccc(C(=O)O)cc43)-c3ccccc32)CC1. The van der Waals surface area contributed by atoms with Gasteiger partial charge in [0.2, 0.25) is 0 Å². The van der Waals surface area contributed by atoms with Crippen molar-refractivity contribution in [2.24, 2.45) is 11.8 Å². The highest BCUT2D eigenvalue weighted by Gasteiger charge is 2.31. The molecule has 5 heteroatoms. The first-order chi connectivity index (χ1) is 18.5. The van der Waals surface area contributed by atoms with E-state index in [2.05, 4.69) is 58.5 Å². The summed E-state index contributed by atoms with van der Waals surface area (Å²) in [6.45, 7) is 11.1. The minimum Gasteiger partial charge on any atom is -0.478 e. The number of carbonyl (C=O) groups is 1. The highest BCUT2D eigenvalue weighted by atomic mass is 16.4. The maximum atomic E-state index is 11.9. The lowest BCUT2D eigenvalue weighted by atomic mass is 9.81. The van der Waals surface area contributed by atoms with Crippen LogP contribution in [-0.4, -0.2) is 53.3 Å². The Hall–Kier alpha value is -2.79. The van der Waals surface area contributed by atoms with E-state index in [0.717, 1.165) is 43.5 Å². The molecule has 38 heavy (non-hydrogen) atoms. The van der Waals surface area contributed by atoms with Gasteiger partial charge < -0.3 is 19.5 Å². The molecule has 0 unspecified atom stereocenters. The van der Waals surface area contributed by atoms with E-state index in [4.69, 9.17) is 0 Å². The lowest BCUT2D eigenvalue weighted by molar-refractivity contribution is 0.0697. The zero-order valence-corrected chi connectivity index (χ0v) is 23.2. The number of likely N-dealkylation sites (tertiary alicyclic amines) is 1. The largest absolute Gasteiger partial charge is 0.478 e. The Morgan fingerprint density at radius 1 is 0.921 bits per heavy atom. The standard InChI is InChI=1S/C33H43N3O2/c1-23(2)24-14-16-34(17-15-24)18-19-35-20-21-36-30-22-26(33(37)38)12-13-27(30)31(25-8-4-3-5-9-25)32(36)28-10-6-7-11-29(28)35/h6-7,10-13,22-25H,3-5,8-9,14-21H2,1-2H3,(H,37,38). The second-order valence-corrected chi connectivity index (χ2v) is 12.2. The normalized spacial score (nSPS) is 19.5. The average molecular weight is 514 g/mol. The second kappa shape index (κ2) is 10.8. The van der Waals surface area contributed by atoms with E-state index in [1.165, 1.54) is 85.9 Å². The summed E-state index contributed by atoms with van der Waals surface area (Å²) in [6.07, 6.45) is 8.99. The predicted octanol–water partition coefficient (Wildman–Crippen LogP) is 7.24. The molecule has 3 heterocycles. The molecule has 1 saturated heterocycles. The highest BCUT2D eigenvalue weighted by Crippen LogP contribution is 2.47. The lowest BCUT2D eigenvalue weighted by Crippen LogP contribution is -2.41. The molecule has 2 aromatic carbocycles. The molecule has 2 fully saturated rings. The summed E-state index contributed by atoms with van der Waals surface area (Å²) in [6, 6.07) is 14.8. The van der Waals surface area contributed by atoms with E-state index in [1.807, 2.05) is 6.07 Å². The van der Waals surface area contributed by atoms with Crippen LogP contribution < -0.4 is 4.90 Å². The molecule has 5 nitrogen and oxygen atoms in total. The number of benzene rings is 2. The number of anilines is 1. The second-order valence-electron chi connectivity index (χ2n) is 12.2. The number of aromatic nitrogens is 1. The van der Waals surface area contributed by atoms with E-state index in [-0.39, 0.29) is 0 Å². The number of fused-ring (bicyclic) bond motifs is 5. The predicted molar refractivity (Wildman–Crippen MR) is 156 cm³/mol. The number of rotatable bonds is 6. The zero-order valence-electron chi connectivity index (χ0n) is 23.2. The smallest absolute Gasteiger partial charge is 0.335 e. The average Bonchev–Trinajstić information content (AvgIpc) is 3.17. The van der Waals surface area contributed by atoms with Gasteiger partial charge >= 0.3 is 5.97 Å². The molecule has 0 spiro atoms. The van der Waals surface area contributed by atoms with Crippen LogP contribution in [0.25, 0.3) is 22.2 Å². The minimum absolute atomic E-state index is 0.382. The van der Waals surface area contributed by atoms with Crippen LogP contribution in [0, 0.1) is 11.8 Å². The number of aromatic carboxylic acids is 1. The fourth-order valence-electron chi connectivity index (χ4n) is 7.46. The molecule has 202 valence electrons. The van der Waals surface area contributed by atoms with E-state index in [0.29, 0.717) is 11.5 Å². The van der Waals surface area contributed by atoms with Crippen molar-refractivity contribution in [2.45, 2.75) is 71.3 Å². The Balaban J connectivity index is 1.36. The summed E-state index contributed by atoms with van der Waals surface area (Å²) in [4.78, 5) is 17.2. The molecule has 3 aliphatic rings. The number of para-hydroxylation sites is 1. The minimum atomic E-state index is -0.849. The van der Waals surface area contributed by atoms with Gasteiger partial charge in [-0.25, -0.2) is 4.79 Å². The number of nitrogens with zero attached hydrogens (tertiary/aromatic N) is 3. The fraction of sp³-hybridized carbons (Fsp3) is 0.545. The van der Waals surface area contributed by atoms with Crippen molar-refractivity contribution in [3.8, 4) is 11.3 Å². The van der Waals surface area contributed by atoms with Crippen LogP contribution >= 0.6 is 0 Å². The van der Waals surface area contributed by atoms with Crippen molar-refractivity contribution in [1.82, 2.24) is 9.47 Å². The summed E-state index contributed by atoms with van der Waals surface area (Å²) in [5.41, 5.74) is 6.92. The zero-order chi connectivity index (χ0) is 26.2. The third kappa shape index (κ3) is 4.75. The Labute approximate surface area is 227 Å². The van der Waals surface area contributed by atoms with Crippen LogP contribution in [0.15, 0.2) is 42.5 Å². The third-order valence-electron chi connectivity index (χ3n) is 9.72. The Morgan fingerprint density at radius 2 is 1.68 bits per heavy atom. The summed E-state index contributed by atoms with van der Waals surface area (Å²) in [7, 11) is 0. The van der Waals surface area contributed by atoms with E-state index in [1.54, 1.807) is 6.07 Å². The number of carboxylic acids is 1. The third-order valence-corrected chi connectivity index (χ3v) is 9.72. The van der Waals surface area contributed by atoms with Crippen LogP contribution in [0.4, 0.5) is 5.69 Å². The molecule has 1 aromatic heterocycles. The van der Waals surface area contributed by atoms with Crippen molar-refractivity contribution in [2.75, 3.05) is 37.6 Å². The van der Waals surface area contributed by atoms with Gasteiger partial charge in [0.05, 0.1) is 11.3 Å². The molecule has 0 atom stereocenters. The van der Waals surface area contributed by atoms with Crippen molar-refractivity contribution in [3.63, 3.8) is 0 Å². The van der Waals surface area contributed by atoms with Crippen LogP contribution in [0.5, 0.6) is 0 Å². The van der Waals surface area contributed by atoms with Crippen LogP contribution in [0.2, 0.25) is 0 Å². The molecule has 6 rings (SSSR count). The molecule has 0 amide bonds. The molecular weight excluding hydrogens is 470 g/mol. The van der Waals surface area contributed by atoms with E-state index >= 15 is 0 Å².